The molecular weight excluding hydrogens is 376 g/mol. The lowest BCUT2D eigenvalue weighted by Gasteiger charge is -2.32. The van der Waals surface area contributed by atoms with Crippen molar-refractivity contribution < 1.29 is 19.3 Å². The van der Waals surface area contributed by atoms with Gasteiger partial charge in [0.15, 0.2) is 0 Å². The van der Waals surface area contributed by atoms with E-state index in [1.165, 1.54) is 0 Å². The number of benzene rings is 2. The van der Waals surface area contributed by atoms with Crippen LogP contribution < -0.4 is 4.74 Å². The van der Waals surface area contributed by atoms with E-state index in [1.807, 2.05) is 24.3 Å². The minimum atomic E-state index is -0.471. The van der Waals surface area contributed by atoms with Crippen LogP contribution in [-0.2, 0) is 15.9 Å². The number of hydrogen-bond donors (Lipinski definition) is 1. The normalized spacial score (nSPS) is 27.7. The molecule has 28 heavy (non-hydrogen) atoms. The zero-order valence-electron chi connectivity index (χ0n) is 16.1. The Hall–Kier alpha value is -1.59. The van der Waals surface area contributed by atoms with Gasteiger partial charge in [-0.05, 0) is 61.1 Å². The van der Waals surface area contributed by atoms with E-state index >= 15 is 0 Å². The van der Waals surface area contributed by atoms with Crippen molar-refractivity contribution in [3.8, 4) is 5.75 Å². The third kappa shape index (κ3) is 4.69. The summed E-state index contributed by atoms with van der Waals surface area (Å²) in [7, 11) is 0. The van der Waals surface area contributed by atoms with Crippen LogP contribution in [0.4, 0.5) is 0 Å². The smallest absolute Gasteiger partial charge is 0.124 e. The van der Waals surface area contributed by atoms with E-state index < -0.39 is 6.10 Å². The van der Waals surface area contributed by atoms with Crippen LogP contribution >= 0.6 is 11.6 Å². The highest BCUT2D eigenvalue weighted by Crippen LogP contribution is 2.34. The maximum Gasteiger partial charge on any atom is 0.124 e. The van der Waals surface area contributed by atoms with Crippen LogP contribution in [0.1, 0.15) is 49.0 Å². The standard InChI is InChI=1S/C23H27ClO4/c1-15-2-9-22(25)23(27-15)17-5-8-21(24)18(13-17)12-16-3-6-19(7-4-16)28-20-10-11-26-14-20/h3-8,13,15,20,22-23,25H,2,9-12,14H2,1H3/t15-,20+,22-,23+/m1/s1. The first-order valence-corrected chi connectivity index (χ1v) is 10.4. The molecule has 150 valence electrons. The second kappa shape index (κ2) is 8.83. The Morgan fingerprint density at radius 1 is 1.11 bits per heavy atom. The van der Waals surface area contributed by atoms with E-state index in [9.17, 15) is 5.11 Å². The van der Waals surface area contributed by atoms with E-state index in [0.29, 0.717) is 6.61 Å². The number of halogens is 1. The molecule has 2 aliphatic rings. The first-order valence-electron chi connectivity index (χ1n) is 10.0. The lowest BCUT2D eigenvalue weighted by atomic mass is 9.93. The fourth-order valence-corrected chi connectivity index (χ4v) is 4.06. The predicted octanol–water partition coefficient (Wildman–Crippen LogP) is 4.70. The first-order chi connectivity index (χ1) is 13.6. The number of ether oxygens (including phenoxy) is 3. The van der Waals surface area contributed by atoms with Crippen LogP contribution in [0.25, 0.3) is 0 Å². The van der Waals surface area contributed by atoms with Crippen molar-refractivity contribution in [1.29, 1.82) is 0 Å². The average Bonchev–Trinajstić information content (AvgIpc) is 3.20. The van der Waals surface area contributed by atoms with Crippen molar-refractivity contribution in [2.75, 3.05) is 13.2 Å². The summed E-state index contributed by atoms with van der Waals surface area (Å²) >= 11 is 6.45. The van der Waals surface area contributed by atoms with Gasteiger partial charge in [0, 0.05) is 11.4 Å². The van der Waals surface area contributed by atoms with Gasteiger partial charge in [0.1, 0.15) is 18.0 Å². The maximum absolute atomic E-state index is 10.4. The van der Waals surface area contributed by atoms with Gasteiger partial charge in [-0.25, -0.2) is 0 Å². The summed E-state index contributed by atoms with van der Waals surface area (Å²) in [5, 5.41) is 11.1. The van der Waals surface area contributed by atoms with Crippen LogP contribution in [0.3, 0.4) is 0 Å². The van der Waals surface area contributed by atoms with Gasteiger partial charge in [0.05, 0.1) is 25.4 Å². The Bertz CT molecular complexity index is 786. The minimum absolute atomic E-state index is 0.154. The van der Waals surface area contributed by atoms with Crippen molar-refractivity contribution in [3.05, 3.63) is 64.2 Å². The summed E-state index contributed by atoms with van der Waals surface area (Å²) in [5.74, 6) is 0.867. The van der Waals surface area contributed by atoms with Crippen LogP contribution in [0, 0.1) is 0 Å². The van der Waals surface area contributed by atoms with Crippen molar-refractivity contribution >= 4 is 11.6 Å². The summed E-state index contributed by atoms with van der Waals surface area (Å²) in [5.41, 5.74) is 3.18. The molecule has 4 rings (SSSR count). The summed E-state index contributed by atoms with van der Waals surface area (Å²) in [6, 6.07) is 14.1. The van der Waals surface area contributed by atoms with Gasteiger partial charge in [-0.3, -0.25) is 0 Å². The van der Waals surface area contributed by atoms with Gasteiger partial charge in [0.25, 0.3) is 0 Å². The van der Waals surface area contributed by atoms with E-state index in [-0.39, 0.29) is 18.3 Å². The molecule has 2 aromatic carbocycles. The minimum Gasteiger partial charge on any atom is -0.488 e. The summed E-state index contributed by atoms with van der Waals surface area (Å²) in [6.45, 7) is 3.49. The van der Waals surface area contributed by atoms with Crippen molar-refractivity contribution in [2.24, 2.45) is 0 Å². The fraction of sp³-hybridized carbons (Fsp3) is 0.478. The molecule has 0 spiro atoms. The molecular formula is C23H27ClO4. The average molecular weight is 403 g/mol. The Morgan fingerprint density at radius 3 is 2.68 bits per heavy atom. The van der Waals surface area contributed by atoms with Crippen LogP contribution in [0.5, 0.6) is 5.75 Å². The third-order valence-electron chi connectivity index (χ3n) is 5.50. The Labute approximate surface area is 171 Å². The molecule has 4 atom stereocenters. The van der Waals surface area contributed by atoms with Crippen molar-refractivity contribution in [3.63, 3.8) is 0 Å². The molecule has 2 aliphatic heterocycles. The summed E-state index contributed by atoms with van der Waals surface area (Å²) < 4.78 is 17.3. The van der Waals surface area contributed by atoms with Crippen LogP contribution in [0.15, 0.2) is 42.5 Å². The van der Waals surface area contributed by atoms with Gasteiger partial charge in [-0.2, -0.15) is 0 Å². The Morgan fingerprint density at radius 2 is 1.93 bits per heavy atom. The molecule has 0 saturated carbocycles. The zero-order valence-corrected chi connectivity index (χ0v) is 16.9. The molecule has 0 radical (unpaired) electrons. The van der Waals surface area contributed by atoms with Gasteiger partial charge >= 0.3 is 0 Å². The van der Waals surface area contributed by atoms with Crippen molar-refractivity contribution in [1.82, 2.24) is 0 Å². The molecule has 0 unspecified atom stereocenters. The predicted molar refractivity (Wildman–Crippen MR) is 109 cm³/mol. The second-order valence-corrected chi connectivity index (χ2v) is 8.19. The molecule has 1 N–H and O–H groups in total. The third-order valence-corrected chi connectivity index (χ3v) is 5.87. The second-order valence-electron chi connectivity index (χ2n) is 7.79. The molecule has 0 aromatic heterocycles. The molecule has 2 aromatic rings. The van der Waals surface area contributed by atoms with Crippen LogP contribution in [-0.4, -0.2) is 36.6 Å². The van der Waals surface area contributed by atoms with E-state index in [1.54, 1.807) is 0 Å². The number of rotatable bonds is 5. The fourth-order valence-electron chi connectivity index (χ4n) is 3.88. The maximum atomic E-state index is 10.4. The lowest BCUT2D eigenvalue weighted by Crippen LogP contribution is -2.31. The van der Waals surface area contributed by atoms with Gasteiger partial charge in [0.2, 0.25) is 0 Å². The molecule has 5 heteroatoms. The van der Waals surface area contributed by atoms with E-state index in [2.05, 4.69) is 25.1 Å². The SMILES string of the molecule is C[C@@H]1CC[C@@H](O)[C@H](c2ccc(Cl)c(Cc3ccc(O[C@H]4CCOC4)cc3)c2)O1. The number of aliphatic hydroxyl groups is 1. The molecule has 4 nitrogen and oxygen atoms in total. The highest BCUT2D eigenvalue weighted by atomic mass is 35.5. The van der Waals surface area contributed by atoms with Crippen LogP contribution in [0.2, 0.25) is 5.02 Å². The number of hydrogen-bond acceptors (Lipinski definition) is 4. The Balaban J connectivity index is 1.46. The van der Waals surface area contributed by atoms with Crippen molar-refractivity contribution in [2.45, 2.75) is 57.0 Å². The van der Waals surface area contributed by atoms with E-state index in [4.69, 9.17) is 25.8 Å². The molecule has 0 aliphatic carbocycles. The molecule has 2 saturated heterocycles. The Kier molecular flexibility index (Phi) is 6.22. The topological polar surface area (TPSA) is 47.9 Å². The van der Waals surface area contributed by atoms with Gasteiger partial charge in [-0.15, -0.1) is 0 Å². The molecule has 0 bridgehead atoms. The lowest BCUT2D eigenvalue weighted by molar-refractivity contribution is -0.113. The van der Waals surface area contributed by atoms with E-state index in [0.717, 1.165) is 59.8 Å². The molecule has 2 fully saturated rings. The summed E-state index contributed by atoms with van der Waals surface area (Å²) in [4.78, 5) is 0. The molecule has 2 heterocycles. The largest absolute Gasteiger partial charge is 0.488 e. The highest BCUT2D eigenvalue weighted by molar-refractivity contribution is 6.31. The summed E-state index contributed by atoms with van der Waals surface area (Å²) in [6.07, 6.45) is 2.86. The highest BCUT2D eigenvalue weighted by Gasteiger charge is 2.29. The molecule has 0 amide bonds. The first kappa shape index (κ1) is 19.7. The van der Waals surface area contributed by atoms with Gasteiger partial charge in [-0.1, -0.05) is 35.9 Å². The van der Waals surface area contributed by atoms with Gasteiger partial charge < -0.3 is 19.3 Å². The zero-order chi connectivity index (χ0) is 19.5. The number of aliphatic hydroxyl groups excluding tert-OH is 1. The monoisotopic (exact) mass is 402 g/mol. The quantitative estimate of drug-likeness (QED) is 0.787.